The standard InChI is InChI=1S/C10H16N2O2/c1-13-7-9(11)5-8-3-4-12-10(6-8)14-2/h3-4,6,9H,5,7,11H2,1-2H3. The Balaban J connectivity index is 2.57. The summed E-state index contributed by atoms with van der Waals surface area (Å²) in [5, 5.41) is 0. The Morgan fingerprint density at radius 3 is 2.93 bits per heavy atom. The summed E-state index contributed by atoms with van der Waals surface area (Å²) in [5.74, 6) is 0.618. The first-order chi connectivity index (χ1) is 6.76. The predicted octanol–water partition coefficient (Wildman–Crippen LogP) is 0.606. The van der Waals surface area contributed by atoms with Gasteiger partial charge in [0, 0.05) is 25.4 Å². The average molecular weight is 196 g/mol. The summed E-state index contributed by atoms with van der Waals surface area (Å²) in [5.41, 5.74) is 6.93. The van der Waals surface area contributed by atoms with Crippen LogP contribution in [0.3, 0.4) is 0 Å². The Hall–Kier alpha value is -1.13. The number of hydrogen-bond donors (Lipinski definition) is 1. The van der Waals surface area contributed by atoms with E-state index in [1.54, 1.807) is 20.4 Å². The third kappa shape index (κ3) is 3.32. The van der Waals surface area contributed by atoms with Gasteiger partial charge in [-0.3, -0.25) is 0 Å². The lowest BCUT2D eigenvalue weighted by atomic mass is 10.1. The summed E-state index contributed by atoms with van der Waals surface area (Å²) in [6, 6.07) is 3.83. The Morgan fingerprint density at radius 2 is 2.29 bits per heavy atom. The van der Waals surface area contributed by atoms with Gasteiger partial charge in [-0.15, -0.1) is 0 Å². The van der Waals surface area contributed by atoms with E-state index in [0.29, 0.717) is 12.5 Å². The van der Waals surface area contributed by atoms with E-state index < -0.39 is 0 Å². The smallest absolute Gasteiger partial charge is 0.213 e. The molecule has 0 aromatic carbocycles. The fraction of sp³-hybridized carbons (Fsp3) is 0.500. The molecule has 0 radical (unpaired) electrons. The molecular formula is C10H16N2O2. The summed E-state index contributed by atoms with van der Waals surface area (Å²) in [6.07, 6.45) is 2.49. The molecule has 2 N–H and O–H groups in total. The Kier molecular flexibility index (Phi) is 4.35. The largest absolute Gasteiger partial charge is 0.481 e. The summed E-state index contributed by atoms with van der Waals surface area (Å²) in [6.45, 7) is 0.560. The van der Waals surface area contributed by atoms with Crippen molar-refractivity contribution >= 4 is 0 Å². The molecule has 1 aromatic heterocycles. The number of hydrogen-bond acceptors (Lipinski definition) is 4. The highest BCUT2D eigenvalue weighted by molar-refractivity contribution is 5.21. The van der Waals surface area contributed by atoms with Gasteiger partial charge in [0.25, 0.3) is 0 Å². The molecule has 0 aliphatic carbocycles. The number of aromatic nitrogens is 1. The summed E-state index contributed by atoms with van der Waals surface area (Å²) < 4.78 is 9.97. The lowest BCUT2D eigenvalue weighted by Crippen LogP contribution is -2.27. The van der Waals surface area contributed by atoms with Crippen LogP contribution in [0.1, 0.15) is 5.56 Å². The van der Waals surface area contributed by atoms with Crippen LogP contribution in [-0.2, 0) is 11.2 Å². The molecule has 0 saturated heterocycles. The van der Waals surface area contributed by atoms with Gasteiger partial charge in [0.2, 0.25) is 5.88 Å². The quantitative estimate of drug-likeness (QED) is 0.749. The monoisotopic (exact) mass is 196 g/mol. The maximum Gasteiger partial charge on any atom is 0.213 e. The van der Waals surface area contributed by atoms with Crippen LogP contribution >= 0.6 is 0 Å². The van der Waals surface area contributed by atoms with Gasteiger partial charge in [-0.1, -0.05) is 0 Å². The zero-order valence-electron chi connectivity index (χ0n) is 8.56. The lowest BCUT2D eigenvalue weighted by Gasteiger charge is -2.10. The molecule has 0 bridgehead atoms. The number of nitrogens with zero attached hydrogens (tertiary/aromatic N) is 1. The Bertz CT molecular complexity index is 279. The molecule has 4 nitrogen and oxygen atoms in total. The molecule has 78 valence electrons. The SMILES string of the molecule is COCC(N)Cc1ccnc(OC)c1. The van der Waals surface area contributed by atoms with Crippen molar-refractivity contribution in [1.82, 2.24) is 4.98 Å². The normalized spacial score (nSPS) is 12.5. The molecule has 1 atom stereocenters. The number of nitrogens with two attached hydrogens (primary N) is 1. The molecule has 0 aliphatic heterocycles. The minimum atomic E-state index is 0.0205. The molecule has 0 aliphatic rings. The zero-order chi connectivity index (χ0) is 10.4. The predicted molar refractivity (Wildman–Crippen MR) is 54.3 cm³/mol. The first kappa shape index (κ1) is 10.9. The van der Waals surface area contributed by atoms with Crippen LogP contribution < -0.4 is 10.5 Å². The minimum Gasteiger partial charge on any atom is -0.481 e. The minimum absolute atomic E-state index is 0.0205. The van der Waals surface area contributed by atoms with Crippen molar-refractivity contribution < 1.29 is 9.47 Å². The van der Waals surface area contributed by atoms with Crippen molar-refractivity contribution in [1.29, 1.82) is 0 Å². The van der Waals surface area contributed by atoms with Gasteiger partial charge in [-0.2, -0.15) is 0 Å². The third-order valence-electron chi connectivity index (χ3n) is 1.89. The van der Waals surface area contributed by atoms with E-state index in [4.69, 9.17) is 15.2 Å². The molecule has 14 heavy (non-hydrogen) atoms. The van der Waals surface area contributed by atoms with Crippen LogP contribution in [0.15, 0.2) is 18.3 Å². The van der Waals surface area contributed by atoms with Gasteiger partial charge in [-0.25, -0.2) is 4.98 Å². The highest BCUT2D eigenvalue weighted by Crippen LogP contribution is 2.09. The maximum atomic E-state index is 5.82. The zero-order valence-corrected chi connectivity index (χ0v) is 8.56. The van der Waals surface area contributed by atoms with Gasteiger partial charge in [0.05, 0.1) is 13.7 Å². The number of rotatable bonds is 5. The molecular weight excluding hydrogens is 180 g/mol. The molecule has 0 amide bonds. The molecule has 0 saturated carbocycles. The third-order valence-corrected chi connectivity index (χ3v) is 1.89. The van der Waals surface area contributed by atoms with E-state index >= 15 is 0 Å². The molecule has 1 rings (SSSR count). The molecule has 4 heteroatoms. The molecule has 1 aromatic rings. The average Bonchev–Trinajstić information content (AvgIpc) is 2.18. The van der Waals surface area contributed by atoms with Crippen LogP contribution in [0, 0.1) is 0 Å². The van der Waals surface area contributed by atoms with Crippen molar-refractivity contribution in [3.8, 4) is 5.88 Å². The summed E-state index contributed by atoms with van der Waals surface area (Å²) >= 11 is 0. The second-order valence-corrected chi connectivity index (χ2v) is 3.13. The Morgan fingerprint density at radius 1 is 1.50 bits per heavy atom. The van der Waals surface area contributed by atoms with E-state index in [2.05, 4.69) is 4.98 Å². The van der Waals surface area contributed by atoms with Gasteiger partial charge in [0.1, 0.15) is 0 Å². The van der Waals surface area contributed by atoms with Gasteiger partial charge < -0.3 is 15.2 Å². The number of pyridine rings is 1. The van der Waals surface area contributed by atoms with Crippen LogP contribution in [-0.4, -0.2) is 31.9 Å². The van der Waals surface area contributed by atoms with Gasteiger partial charge >= 0.3 is 0 Å². The second kappa shape index (κ2) is 5.57. The highest BCUT2D eigenvalue weighted by atomic mass is 16.5. The Labute approximate surface area is 84.0 Å². The first-order valence-corrected chi connectivity index (χ1v) is 4.49. The summed E-state index contributed by atoms with van der Waals surface area (Å²) in [7, 11) is 3.24. The molecule has 1 heterocycles. The molecule has 1 unspecified atom stereocenters. The summed E-state index contributed by atoms with van der Waals surface area (Å²) in [4.78, 5) is 4.02. The first-order valence-electron chi connectivity index (χ1n) is 4.49. The van der Waals surface area contributed by atoms with Crippen molar-refractivity contribution in [2.75, 3.05) is 20.8 Å². The van der Waals surface area contributed by atoms with Crippen LogP contribution in [0.25, 0.3) is 0 Å². The number of methoxy groups -OCH3 is 2. The highest BCUT2D eigenvalue weighted by Gasteiger charge is 2.04. The molecule has 0 fully saturated rings. The van der Waals surface area contributed by atoms with E-state index in [1.807, 2.05) is 12.1 Å². The topological polar surface area (TPSA) is 57.4 Å². The van der Waals surface area contributed by atoms with Crippen molar-refractivity contribution in [2.45, 2.75) is 12.5 Å². The van der Waals surface area contributed by atoms with Crippen molar-refractivity contribution in [2.24, 2.45) is 5.73 Å². The second-order valence-electron chi connectivity index (χ2n) is 3.13. The molecule has 0 spiro atoms. The fourth-order valence-corrected chi connectivity index (χ4v) is 1.26. The van der Waals surface area contributed by atoms with Gasteiger partial charge in [-0.05, 0) is 18.1 Å². The lowest BCUT2D eigenvalue weighted by molar-refractivity contribution is 0.180. The van der Waals surface area contributed by atoms with E-state index in [9.17, 15) is 0 Å². The van der Waals surface area contributed by atoms with Crippen molar-refractivity contribution in [3.05, 3.63) is 23.9 Å². The fourth-order valence-electron chi connectivity index (χ4n) is 1.26. The van der Waals surface area contributed by atoms with E-state index in [0.717, 1.165) is 12.0 Å². The van der Waals surface area contributed by atoms with E-state index in [1.165, 1.54) is 0 Å². The van der Waals surface area contributed by atoms with Gasteiger partial charge in [0.15, 0.2) is 0 Å². The van der Waals surface area contributed by atoms with E-state index in [-0.39, 0.29) is 6.04 Å². The van der Waals surface area contributed by atoms with Crippen molar-refractivity contribution in [3.63, 3.8) is 0 Å². The number of ether oxygens (including phenoxy) is 2. The maximum absolute atomic E-state index is 5.82. The van der Waals surface area contributed by atoms with Crippen LogP contribution in [0.5, 0.6) is 5.88 Å². The van der Waals surface area contributed by atoms with Crippen LogP contribution in [0.4, 0.5) is 0 Å². The van der Waals surface area contributed by atoms with Crippen LogP contribution in [0.2, 0.25) is 0 Å².